The molecule has 0 aromatic heterocycles. The number of nitrogens with zero attached hydrogens (tertiary/aromatic N) is 1. The molecule has 20 heavy (non-hydrogen) atoms. The van der Waals surface area contributed by atoms with Crippen LogP contribution in [0, 0.1) is 11.7 Å². The number of piperidine rings is 1. The topological polar surface area (TPSA) is 15.3 Å². The van der Waals surface area contributed by atoms with Crippen molar-refractivity contribution >= 4 is 15.9 Å². The molecule has 1 fully saturated rings. The average molecular weight is 343 g/mol. The third-order valence-electron chi connectivity index (χ3n) is 4.11. The second-order valence-electron chi connectivity index (χ2n) is 5.61. The summed E-state index contributed by atoms with van der Waals surface area (Å²) in [6.07, 6.45) is 3.48. The van der Waals surface area contributed by atoms with Crippen LogP contribution in [0.3, 0.4) is 0 Å². The molecule has 0 aliphatic carbocycles. The van der Waals surface area contributed by atoms with Gasteiger partial charge in [0, 0.05) is 16.1 Å². The molecular weight excluding hydrogens is 319 g/mol. The molecule has 0 saturated carbocycles. The molecule has 4 heteroatoms. The van der Waals surface area contributed by atoms with Crippen molar-refractivity contribution in [2.45, 2.75) is 32.2 Å². The van der Waals surface area contributed by atoms with Gasteiger partial charge in [-0.2, -0.15) is 0 Å². The Hall–Kier alpha value is -0.450. The minimum Gasteiger partial charge on any atom is -0.319 e. The minimum atomic E-state index is -0.0812. The average Bonchev–Trinajstić information content (AvgIpc) is 2.43. The summed E-state index contributed by atoms with van der Waals surface area (Å²) in [7, 11) is 1.98. The van der Waals surface area contributed by atoms with E-state index in [2.05, 4.69) is 33.1 Å². The summed E-state index contributed by atoms with van der Waals surface area (Å²) < 4.78 is 15.3. The number of hydrogen-bond donors (Lipinski definition) is 1. The van der Waals surface area contributed by atoms with Gasteiger partial charge in [0.25, 0.3) is 0 Å². The highest BCUT2D eigenvalue weighted by atomic mass is 79.9. The quantitative estimate of drug-likeness (QED) is 0.870. The summed E-state index contributed by atoms with van der Waals surface area (Å²) in [5, 5.41) is 3.27. The molecule has 2 atom stereocenters. The molecule has 1 aliphatic rings. The zero-order valence-corrected chi connectivity index (χ0v) is 13.9. The summed E-state index contributed by atoms with van der Waals surface area (Å²) in [4.78, 5) is 2.45. The maximum Gasteiger partial charge on any atom is 0.128 e. The molecule has 0 radical (unpaired) electrons. The molecule has 1 aliphatic heterocycles. The van der Waals surface area contributed by atoms with E-state index in [4.69, 9.17) is 0 Å². The fourth-order valence-electron chi connectivity index (χ4n) is 3.36. The Morgan fingerprint density at radius 3 is 2.95 bits per heavy atom. The zero-order chi connectivity index (χ0) is 14.5. The van der Waals surface area contributed by atoms with Crippen LogP contribution in [0.2, 0.25) is 0 Å². The molecule has 0 spiro atoms. The molecule has 1 aromatic rings. The minimum absolute atomic E-state index is 0.0812. The van der Waals surface area contributed by atoms with Crippen molar-refractivity contribution in [2.75, 3.05) is 26.7 Å². The first kappa shape index (κ1) is 15.9. The van der Waals surface area contributed by atoms with E-state index in [1.54, 1.807) is 12.1 Å². The van der Waals surface area contributed by atoms with Gasteiger partial charge in [0.1, 0.15) is 5.82 Å². The van der Waals surface area contributed by atoms with Crippen LogP contribution in [-0.2, 0) is 0 Å². The number of nitrogens with one attached hydrogen (secondary N) is 1. The Bertz CT molecular complexity index is 420. The van der Waals surface area contributed by atoms with Gasteiger partial charge in [-0.1, -0.05) is 22.9 Å². The van der Waals surface area contributed by atoms with Gasteiger partial charge in [-0.15, -0.1) is 0 Å². The Kier molecular flexibility index (Phi) is 6.00. The van der Waals surface area contributed by atoms with Gasteiger partial charge in [-0.25, -0.2) is 4.39 Å². The van der Waals surface area contributed by atoms with E-state index in [0.717, 1.165) is 42.5 Å². The monoisotopic (exact) mass is 342 g/mol. The van der Waals surface area contributed by atoms with Gasteiger partial charge >= 0.3 is 0 Å². The van der Waals surface area contributed by atoms with E-state index < -0.39 is 0 Å². The second-order valence-corrected chi connectivity index (χ2v) is 6.52. The number of benzene rings is 1. The highest BCUT2D eigenvalue weighted by Gasteiger charge is 2.33. The molecule has 112 valence electrons. The van der Waals surface area contributed by atoms with Crippen LogP contribution >= 0.6 is 15.9 Å². The molecule has 1 aromatic carbocycles. The first-order valence-electron chi connectivity index (χ1n) is 7.51. The molecular formula is C16H24BrFN2. The summed E-state index contributed by atoms with van der Waals surface area (Å²) in [5.41, 5.74) is 0.841. The summed E-state index contributed by atoms with van der Waals surface area (Å²) in [6.45, 7) is 5.24. The zero-order valence-electron chi connectivity index (χ0n) is 12.3. The van der Waals surface area contributed by atoms with Gasteiger partial charge < -0.3 is 5.32 Å². The molecule has 2 nitrogen and oxygen atoms in total. The van der Waals surface area contributed by atoms with E-state index in [9.17, 15) is 4.39 Å². The van der Waals surface area contributed by atoms with Gasteiger partial charge in [-0.05, 0) is 70.1 Å². The first-order chi connectivity index (χ1) is 9.67. The fourth-order valence-corrected chi connectivity index (χ4v) is 3.74. The lowest BCUT2D eigenvalue weighted by Gasteiger charge is -2.42. The molecule has 1 N–H and O–H groups in total. The van der Waals surface area contributed by atoms with Crippen LogP contribution in [0.15, 0.2) is 22.7 Å². The third kappa shape index (κ3) is 3.60. The molecule has 0 amide bonds. The van der Waals surface area contributed by atoms with E-state index in [1.807, 2.05) is 13.1 Å². The van der Waals surface area contributed by atoms with Crippen molar-refractivity contribution in [3.05, 3.63) is 34.1 Å². The standard InChI is InChI=1S/C16H24BrFN2/c1-3-8-20-9-4-5-12(11-19-2)16(20)14-10-13(17)6-7-15(14)18/h6-7,10,12,16,19H,3-5,8-9,11H2,1-2H3. The Balaban J connectivity index is 2.34. The van der Waals surface area contributed by atoms with Gasteiger partial charge in [-0.3, -0.25) is 4.90 Å². The summed E-state index contributed by atoms with van der Waals surface area (Å²) >= 11 is 3.48. The summed E-state index contributed by atoms with van der Waals surface area (Å²) in [5.74, 6) is 0.395. The van der Waals surface area contributed by atoms with Gasteiger partial charge in [0.15, 0.2) is 0 Å². The highest BCUT2D eigenvalue weighted by molar-refractivity contribution is 9.10. The van der Waals surface area contributed by atoms with Crippen LogP contribution in [0.25, 0.3) is 0 Å². The Morgan fingerprint density at radius 2 is 2.25 bits per heavy atom. The number of likely N-dealkylation sites (tertiary alicyclic amines) is 1. The molecule has 2 rings (SSSR count). The predicted octanol–water partition coefficient (Wildman–Crippen LogP) is 3.97. The number of rotatable bonds is 5. The van der Waals surface area contributed by atoms with Crippen LogP contribution in [0.1, 0.15) is 37.8 Å². The van der Waals surface area contributed by atoms with E-state index in [1.165, 1.54) is 6.42 Å². The molecule has 1 saturated heterocycles. The normalized spacial score (nSPS) is 24.0. The number of hydrogen-bond acceptors (Lipinski definition) is 2. The lowest BCUT2D eigenvalue weighted by molar-refractivity contribution is 0.0897. The third-order valence-corrected chi connectivity index (χ3v) is 4.61. The van der Waals surface area contributed by atoms with Crippen molar-refractivity contribution in [2.24, 2.45) is 5.92 Å². The maximum atomic E-state index is 14.3. The van der Waals surface area contributed by atoms with Crippen LogP contribution in [0.5, 0.6) is 0 Å². The maximum absolute atomic E-state index is 14.3. The highest BCUT2D eigenvalue weighted by Crippen LogP contribution is 2.37. The lowest BCUT2D eigenvalue weighted by Crippen LogP contribution is -2.42. The Labute approximate surface area is 129 Å². The van der Waals surface area contributed by atoms with E-state index in [-0.39, 0.29) is 11.9 Å². The largest absolute Gasteiger partial charge is 0.319 e. The fraction of sp³-hybridized carbons (Fsp3) is 0.625. The van der Waals surface area contributed by atoms with Crippen molar-refractivity contribution in [1.82, 2.24) is 10.2 Å². The van der Waals surface area contributed by atoms with Crippen LogP contribution in [-0.4, -0.2) is 31.6 Å². The van der Waals surface area contributed by atoms with E-state index in [0.29, 0.717) is 5.92 Å². The van der Waals surface area contributed by atoms with Crippen molar-refractivity contribution < 1.29 is 4.39 Å². The van der Waals surface area contributed by atoms with Crippen LogP contribution < -0.4 is 5.32 Å². The summed E-state index contributed by atoms with van der Waals surface area (Å²) in [6, 6.07) is 5.50. The van der Waals surface area contributed by atoms with Crippen molar-refractivity contribution in [3.63, 3.8) is 0 Å². The first-order valence-corrected chi connectivity index (χ1v) is 8.30. The smallest absolute Gasteiger partial charge is 0.128 e. The molecule has 0 bridgehead atoms. The van der Waals surface area contributed by atoms with Crippen LogP contribution in [0.4, 0.5) is 4.39 Å². The van der Waals surface area contributed by atoms with Gasteiger partial charge in [0.2, 0.25) is 0 Å². The Morgan fingerprint density at radius 1 is 1.45 bits per heavy atom. The van der Waals surface area contributed by atoms with E-state index >= 15 is 0 Å². The van der Waals surface area contributed by atoms with Crippen molar-refractivity contribution in [3.8, 4) is 0 Å². The molecule has 1 heterocycles. The predicted molar refractivity (Wildman–Crippen MR) is 85.4 cm³/mol. The number of halogens is 2. The molecule has 2 unspecified atom stereocenters. The lowest BCUT2D eigenvalue weighted by atomic mass is 9.84. The van der Waals surface area contributed by atoms with Gasteiger partial charge in [0.05, 0.1) is 0 Å². The SMILES string of the molecule is CCCN1CCCC(CNC)C1c1cc(Br)ccc1F. The second kappa shape index (κ2) is 7.53. The van der Waals surface area contributed by atoms with Crippen molar-refractivity contribution in [1.29, 1.82) is 0 Å².